The van der Waals surface area contributed by atoms with E-state index in [-0.39, 0.29) is 12.5 Å². The molecule has 116 valence electrons. The van der Waals surface area contributed by atoms with Gasteiger partial charge in [-0.25, -0.2) is 0 Å². The van der Waals surface area contributed by atoms with E-state index in [2.05, 4.69) is 0 Å². The van der Waals surface area contributed by atoms with Crippen LogP contribution in [0.25, 0.3) is 0 Å². The standard InChI is InChI=1S/C16H23NO4/c1-5-6-16(15(19)20)7-8-17(9-16)14(18)13-10(2)11(3)21-12(13)4/h5-9H2,1-4H3,(H,19,20). The number of likely N-dealkylation sites (tertiary alicyclic amines) is 1. The lowest BCUT2D eigenvalue weighted by atomic mass is 9.83. The van der Waals surface area contributed by atoms with Gasteiger partial charge < -0.3 is 14.4 Å². The molecule has 1 aromatic rings. The van der Waals surface area contributed by atoms with E-state index in [0.717, 1.165) is 17.7 Å². The summed E-state index contributed by atoms with van der Waals surface area (Å²) in [5, 5.41) is 9.52. The van der Waals surface area contributed by atoms with Crippen molar-refractivity contribution in [1.82, 2.24) is 4.90 Å². The molecule has 5 heteroatoms. The summed E-state index contributed by atoms with van der Waals surface area (Å²) < 4.78 is 5.51. The second kappa shape index (κ2) is 5.54. The quantitative estimate of drug-likeness (QED) is 0.926. The molecule has 1 aliphatic heterocycles. The van der Waals surface area contributed by atoms with Gasteiger partial charge in [0, 0.05) is 18.7 Å². The number of carboxylic acid groups (broad SMARTS) is 1. The van der Waals surface area contributed by atoms with E-state index in [9.17, 15) is 14.7 Å². The first-order chi connectivity index (χ1) is 9.82. The largest absolute Gasteiger partial charge is 0.481 e. The molecule has 2 rings (SSSR count). The van der Waals surface area contributed by atoms with Crippen molar-refractivity contribution in [3.05, 3.63) is 22.6 Å². The highest BCUT2D eigenvalue weighted by Crippen LogP contribution is 2.37. The number of amides is 1. The van der Waals surface area contributed by atoms with Crippen LogP contribution in [0.4, 0.5) is 0 Å². The van der Waals surface area contributed by atoms with Gasteiger partial charge in [0.05, 0.1) is 11.0 Å². The number of carbonyl (C=O) groups is 2. The van der Waals surface area contributed by atoms with Crippen LogP contribution in [0.2, 0.25) is 0 Å². The van der Waals surface area contributed by atoms with Crippen molar-refractivity contribution in [1.29, 1.82) is 0 Å². The van der Waals surface area contributed by atoms with Crippen LogP contribution in [0, 0.1) is 26.2 Å². The average molecular weight is 293 g/mol. The monoisotopic (exact) mass is 293 g/mol. The molecule has 0 aliphatic carbocycles. The van der Waals surface area contributed by atoms with Crippen molar-refractivity contribution in [3.8, 4) is 0 Å². The summed E-state index contributed by atoms with van der Waals surface area (Å²) in [4.78, 5) is 26.0. The lowest BCUT2D eigenvalue weighted by molar-refractivity contribution is -0.148. The Labute approximate surface area is 124 Å². The van der Waals surface area contributed by atoms with Gasteiger partial charge in [-0.15, -0.1) is 0 Å². The number of hydrogen-bond donors (Lipinski definition) is 1. The Morgan fingerprint density at radius 2 is 1.95 bits per heavy atom. The van der Waals surface area contributed by atoms with Crippen molar-refractivity contribution in [2.75, 3.05) is 13.1 Å². The molecule has 2 heterocycles. The summed E-state index contributed by atoms with van der Waals surface area (Å²) in [7, 11) is 0. The Morgan fingerprint density at radius 1 is 1.29 bits per heavy atom. The highest BCUT2D eigenvalue weighted by atomic mass is 16.4. The molecule has 1 amide bonds. The summed E-state index contributed by atoms with van der Waals surface area (Å²) in [5.74, 6) is 0.448. The summed E-state index contributed by atoms with van der Waals surface area (Å²) >= 11 is 0. The minimum absolute atomic E-state index is 0.110. The smallest absolute Gasteiger partial charge is 0.311 e. The van der Waals surface area contributed by atoms with Gasteiger partial charge in [0.2, 0.25) is 0 Å². The molecule has 5 nitrogen and oxygen atoms in total. The number of nitrogens with zero attached hydrogens (tertiary/aromatic N) is 1. The third kappa shape index (κ3) is 2.57. The van der Waals surface area contributed by atoms with Crippen LogP contribution < -0.4 is 0 Å². The first kappa shape index (κ1) is 15.6. The van der Waals surface area contributed by atoms with Crippen molar-refractivity contribution >= 4 is 11.9 Å². The Hall–Kier alpha value is -1.78. The number of hydrogen-bond acceptors (Lipinski definition) is 3. The van der Waals surface area contributed by atoms with Crippen LogP contribution in [-0.2, 0) is 4.79 Å². The minimum atomic E-state index is -0.795. The van der Waals surface area contributed by atoms with Crippen molar-refractivity contribution in [2.24, 2.45) is 5.41 Å². The van der Waals surface area contributed by atoms with Crippen LogP contribution in [0.5, 0.6) is 0 Å². The van der Waals surface area contributed by atoms with Gasteiger partial charge in [-0.1, -0.05) is 13.3 Å². The topological polar surface area (TPSA) is 70.8 Å². The highest BCUT2D eigenvalue weighted by Gasteiger charge is 2.46. The number of carboxylic acids is 1. The molecule has 1 atom stereocenters. The van der Waals surface area contributed by atoms with Crippen LogP contribution in [0.1, 0.15) is 53.6 Å². The number of aryl methyl sites for hydroxylation is 2. The fourth-order valence-corrected chi connectivity index (χ4v) is 3.28. The Bertz CT molecular complexity index is 575. The molecular weight excluding hydrogens is 270 g/mol. The van der Waals surface area contributed by atoms with E-state index in [4.69, 9.17) is 4.42 Å². The maximum absolute atomic E-state index is 12.7. The molecule has 1 unspecified atom stereocenters. The molecule has 1 saturated heterocycles. The van der Waals surface area contributed by atoms with Crippen LogP contribution >= 0.6 is 0 Å². The van der Waals surface area contributed by atoms with E-state index in [1.807, 2.05) is 20.8 Å². The second-order valence-electron chi connectivity index (χ2n) is 6.03. The summed E-state index contributed by atoms with van der Waals surface area (Å²) in [6.45, 7) is 8.24. The normalized spacial score (nSPS) is 21.8. The van der Waals surface area contributed by atoms with E-state index >= 15 is 0 Å². The van der Waals surface area contributed by atoms with Crippen molar-refractivity contribution < 1.29 is 19.1 Å². The van der Waals surface area contributed by atoms with Gasteiger partial charge in [0.25, 0.3) is 5.91 Å². The maximum atomic E-state index is 12.7. The molecule has 1 fully saturated rings. The second-order valence-corrected chi connectivity index (χ2v) is 6.03. The minimum Gasteiger partial charge on any atom is -0.481 e. The molecule has 0 bridgehead atoms. The highest BCUT2D eigenvalue weighted by molar-refractivity contribution is 5.97. The van der Waals surface area contributed by atoms with Gasteiger partial charge >= 0.3 is 5.97 Å². The first-order valence-electron chi connectivity index (χ1n) is 7.41. The predicted molar refractivity (Wildman–Crippen MR) is 78.4 cm³/mol. The zero-order valence-electron chi connectivity index (χ0n) is 13.2. The Morgan fingerprint density at radius 3 is 2.43 bits per heavy atom. The number of aliphatic carboxylic acids is 1. The van der Waals surface area contributed by atoms with Crippen LogP contribution in [0.3, 0.4) is 0 Å². The molecule has 1 aromatic heterocycles. The zero-order chi connectivity index (χ0) is 15.8. The molecule has 1 aliphatic rings. The van der Waals surface area contributed by atoms with Crippen LogP contribution in [-0.4, -0.2) is 35.0 Å². The summed E-state index contributed by atoms with van der Waals surface area (Å²) in [5.41, 5.74) is 0.649. The van der Waals surface area contributed by atoms with E-state index in [0.29, 0.717) is 30.7 Å². The van der Waals surface area contributed by atoms with Gasteiger partial charge in [-0.2, -0.15) is 0 Å². The zero-order valence-corrected chi connectivity index (χ0v) is 13.2. The Kier molecular flexibility index (Phi) is 4.12. The lowest BCUT2D eigenvalue weighted by Gasteiger charge is -2.24. The first-order valence-corrected chi connectivity index (χ1v) is 7.41. The van der Waals surface area contributed by atoms with Gasteiger partial charge in [0.15, 0.2) is 0 Å². The van der Waals surface area contributed by atoms with Crippen LogP contribution in [0.15, 0.2) is 4.42 Å². The van der Waals surface area contributed by atoms with Gasteiger partial charge in [0.1, 0.15) is 11.5 Å². The average Bonchev–Trinajstić information content (AvgIpc) is 2.94. The summed E-state index contributed by atoms with van der Waals surface area (Å²) in [6, 6.07) is 0. The lowest BCUT2D eigenvalue weighted by Crippen LogP contribution is -2.37. The molecule has 0 radical (unpaired) electrons. The van der Waals surface area contributed by atoms with E-state index in [1.54, 1.807) is 11.8 Å². The molecule has 0 aromatic carbocycles. The van der Waals surface area contributed by atoms with E-state index in [1.165, 1.54) is 0 Å². The van der Waals surface area contributed by atoms with Gasteiger partial charge in [-0.05, 0) is 33.6 Å². The maximum Gasteiger partial charge on any atom is 0.311 e. The Balaban J connectivity index is 2.25. The number of furan rings is 1. The number of carbonyl (C=O) groups excluding carboxylic acids is 1. The molecular formula is C16H23NO4. The molecule has 21 heavy (non-hydrogen) atoms. The summed E-state index contributed by atoms with van der Waals surface area (Å²) in [6.07, 6.45) is 1.93. The number of rotatable bonds is 4. The fraction of sp³-hybridized carbons (Fsp3) is 0.625. The molecule has 0 saturated carbocycles. The van der Waals surface area contributed by atoms with Crippen molar-refractivity contribution in [3.63, 3.8) is 0 Å². The van der Waals surface area contributed by atoms with E-state index < -0.39 is 11.4 Å². The predicted octanol–water partition coefficient (Wildman–Crippen LogP) is 2.92. The van der Waals surface area contributed by atoms with Gasteiger partial charge in [-0.3, -0.25) is 9.59 Å². The SMILES string of the molecule is CCCC1(C(=O)O)CCN(C(=O)c2c(C)oc(C)c2C)C1. The third-order valence-corrected chi connectivity index (χ3v) is 4.60. The molecule has 1 N–H and O–H groups in total. The fourth-order valence-electron chi connectivity index (χ4n) is 3.28. The third-order valence-electron chi connectivity index (χ3n) is 4.60. The van der Waals surface area contributed by atoms with Crippen molar-refractivity contribution in [2.45, 2.75) is 47.0 Å². The molecule has 0 spiro atoms.